The zero-order valence-corrected chi connectivity index (χ0v) is 17.9. The molecule has 0 aromatic heterocycles. The third-order valence-corrected chi connectivity index (χ3v) is 5.33. The van der Waals surface area contributed by atoms with Crippen LogP contribution in [-0.2, 0) is 20.8 Å². The maximum Gasteiger partial charge on any atom is 0.278 e. The molecule has 10 nitrogen and oxygen atoms in total. The molecule has 5 atom stereocenters. The fourth-order valence-electron chi connectivity index (χ4n) is 3.18. The van der Waals surface area contributed by atoms with Crippen LogP contribution in [0.2, 0.25) is 0 Å². The normalized spacial score (nSPS) is 22.6. The SMILES string of the molecule is C[NH2+][C@@H](C)C(=O)N[C@@H]1C=C(C(=O)N[C@@H](Cc2ccc(OC)cc2)C(N)=O)C[C@@H](O)[C@@H]1O. The Hall–Kier alpha value is -2.95. The summed E-state index contributed by atoms with van der Waals surface area (Å²) >= 11 is 0. The first kappa shape index (κ1) is 24.3. The smallest absolute Gasteiger partial charge is 0.278 e. The molecule has 0 aliphatic heterocycles. The van der Waals surface area contributed by atoms with Crippen LogP contribution in [-0.4, -0.2) is 72.4 Å². The fraction of sp³-hybridized carbons (Fsp3) is 0.476. The lowest BCUT2D eigenvalue weighted by molar-refractivity contribution is -0.646. The number of hydrogen-bond donors (Lipinski definition) is 6. The minimum absolute atomic E-state index is 0.122. The molecule has 1 aliphatic rings. The van der Waals surface area contributed by atoms with Gasteiger partial charge in [0.2, 0.25) is 11.8 Å². The second-order valence-corrected chi connectivity index (χ2v) is 7.59. The molecular weight excluding hydrogens is 404 g/mol. The highest BCUT2D eigenvalue weighted by Crippen LogP contribution is 2.20. The number of aliphatic hydroxyl groups excluding tert-OH is 2. The first-order valence-electron chi connectivity index (χ1n) is 10.1. The average molecular weight is 436 g/mol. The second-order valence-electron chi connectivity index (χ2n) is 7.59. The van der Waals surface area contributed by atoms with Gasteiger partial charge in [-0.3, -0.25) is 14.4 Å². The molecule has 170 valence electrons. The molecule has 1 aromatic rings. The molecule has 31 heavy (non-hydrogen) atoms. The number of aliphatic hydroxyl groups is 2. The second kappa shape index (κ2) is 10.9. The van der Waals surface area contributed by atoms with E-state index < -0.39 is 42.1 Å². The van der Waals surface area contributed by atoms with Crippen LogP contribution in [0.25, 0.3) is 0 Å². The molecule has 0 spiro atoms. The third kappa shape index (κ3) is 6.51. The summed E-state index contributed by atoms with van der Waals surface area (Å²) in [7, 11) is 3.28. The summed E-state index contributed by atoms with van der Waals surface area (Å²) in [5.74, 6) is -0.992. The highest BCUT2D eigenvalue weighted by atomic mass is 16.5. The molecule has 10 heteroatoms. The van der Waals surface area contributed by atoms with E-state index in [0.29, 0.717) is 5.75 Å². The maximum absolute atomic E-state index is 12.8. The summed E-state index contributed by atoms with van der Waals surface area (Å²) in [6, 6.07) is 4.68. The summed E-state index contributed by atoms with van der Waals surface area (Å²) < 4.78 is 5.10. The maximum atomic E-state index is 12.8. The van der Waals surface area contributed by atoms with Crippen molar-refractivity contribution >= 4 is 17.7 Å². The Morgan fingerprint density at radius 1 is 1.26 bits per heavy atom. The lowest BCUT2D eigenvalue weighted by Crippen LogP contribution is -2.88. The quantitative estimate of drug-likeness (QED) is 0.247. The molecule has 0 radical (unpaired) electrons. The Labute approximate surface area is 180 Å². The van der Waals surface area contributed by atoms with E-state index in [2.05, 4.69) is 10.6 Å². The van der Waals surface area contributed by atoms with Gasteiger partial charge in [0.1, 0.15) is 17.9 Å². The Morgan fingerprint density at radius 2 is 1.90 bits per heavy atom. The molecular formula is C21H31N4O6+. The van der Waals surface area contributed by atoms with Gasteiger partial charge in [-0.05, 0) is 24.6 Å². The van der Waals surface area contributed by atoms with E-state index in [-0.39, 0.29) is 24.3 Å². The van der Waals surface area contributed by atoms with E-state index in [9.17, 15) is 24.6 Å². The number of amides is 3. The first-order valence-corrected chi connectivity index (χ1v) is 10.1. The summed E-state index contributed by atoms with van der Waals surface area (Å²) in [5, 5.41) is 27.3. The number of nitrogens with one attached hydrogen (secondary N) is 2. The number of primary amides is 1. The van der Waals surface area contributed by atoms with Gasteiger partial charge in [-0.15, -0.1) is 0 Å². The fourth-order valence-corrected chi connectivity index (χ4v) is 3.18. The van der Waals surface area contributed by atoms with Crippen molar-refractivity contribution < 1.29 is 34.7 Å². The van der Waals surface area contributed by atoms with Gasteiger partial charge in [0.25, 0.3) is 5.91 Å². The van der Waals surface area contributed by atoms with Crippen molar-refractivity contribution in [2.75, 3.05) is 14.2 Å². The number of methoxy groups -OCH3 is 1. The Balaban J connectivity index is 2.12. The molecule has 0 saturated carbocycles. The van der Waals surface area contributed by atoms with Gasteiger partial charge in [0.05, 0.1) is 26.3 Å². The van der Waals surface area contributed by atoms with E-state index in [1.54, 1.807) is 50.7 Å². The average Bonchev–Trinajstić information content (AvgIpc) is 2.75. The van der Waals surface area contributed by atoms with E-state index in [4.69, 9.17) is 10.5 Å². The molecule has 3 amide bonds. The number of hydrogen-bond acceptors (Lipinski definition) is 6. The van der Waals surface area contributed by atoms with Crippen LogP contribution in [0.3, 0.4) is 0 Å². The minimum Gasteiger partial charge on any atom is -0.497 e. The number of likely N-dealkylation sites (N-methyl/N-ethyl adjacent to an activating group) is 1. The summed E-state index contributed by atoms with van der Waals surface area (Å²) in [6.07, 6.45) is -1.05. The first-order chi connectivity index (χ1) is 14.7. The van der Waals surface area contributed by atoms with Crippen molar-refractivity contribution in [3.8, 4) is 5.75 Å². The number of ether oxygens (including phenoxy) is 1. The van der Waals surface area contributed by atoms with Crippen LogP contribution in [0, 0.1) is 0 Å². The van der Waals surface area contributed by atoms with Crippen molar-refractivity contribution in [3.05, 3.63) is 41.5 Å². The van der Waals surface area contributed by atoms with E-state index in [1.807, 2.05) is 0 Å². The topological polar surface area (TPSA) is 168 Å². The Bertz CT molecular complexity index is 826. The number of rotatable bonds is 9. The molecule has 0 unspecified atom stereocenters. The van der Waals surface area contributed by atoms with Gasteiger partial charge in [0.15, 0.2) is 6.04 Å². The van der Waals surface area contributed by atoms with E-state index in [1.165, 1.54) is 6.08 Å². The summed E-state index contributed by atoms with van der Waals surface area (Å²) in [6.45, 7) is 1.69. The Morgan fingerprint density at radius 3 is 2.45 bits per heavy atom. The monoisotopic (exact) mass is 435 g/mol. The number of quaternary nitrogens is 1. The number of carbonyl (C=O) groups excluding carboxylic acids is 3. The van der Waals surface area contributed by atoms with Crippen LogP contribution >= 0.6 is 0 Å². The zero-order chi connectivity index (χ0) is 23.1. The predicted octanol–water partition coefficient (Wildman–Crippen LogP) is -2.67. The number of carbonyl (C=O) groups is 3. The van der Waals surface area contributed by atoms with Crippen LogP contribution in [0.1, 0.15) is 18.9 Å². The molecule has 0 fully saturated rings. The predicted molar refractivity (Wildman–Crippen MR) is 112 cm³/mol. The van der Waals surface area contributed by atoms with Crippen LogP contribution in [0.15, 0.2) is 35.9 Å². The molecule has 1 aliphatic carbocycles. The zero-order valence-electron chi connectivity index (χ0n) is 17.9. The van der Waals surface area contributed by atoms with Crippen LogP contribution < -0.4 is 26.4 Å². The van der Waals surface area contributed by atoms with Gasteiger partial charge in [-0.1, -0.05) is 18.2 Å². The lowest BCUT2D eigenvalue weighted by Gasteiger charge is -2.31. The van der Waals surface area contributed by atoms with Crippen LogP contribution in [0.5, 0.6) is 5.75 Å². The Kier molecular flexibility index (Phi) is 8.55. The standard InChI is InChI=1S/C21H30N4O6/c1-11(23-2)20(29)24-15-9-13(10-17(26)18(15)27)21(30)25-16(19(22)28)8-12-4-6-14(31-3)7-5-12/h4-7,9,11,15-18,23,26-27H,8,10H2,1-3H3,(H2,22,28)(H,24,29)(H,25,30)/p+1/t11-,15+,16-,17+,18+/m0/s1. The van der Waals surface area contributed by atoms with E-state index in [0.717, 1.165) is 5.56 Å². The molecule has 0 saturated heterocycles. The molecule has 0 heterocycles. The summed E-state index contributed by atoms with van der Waals surface area (Å²) in [4.78, 5) is 36.8. The number of nitrogens with two attached hydrogens (primary N) is 2. The van der Waals surface area contributed by atoms with Crippen molar-refractivity contribution in [2.24, 2.45) is 5.73 Å². The van der Waals surface area contributed by atoms with Gasteiger partial charge >= 0.3 is 0 Å². The van der Waals surface area contributed by atoms with Gasteiger partial charge in [-0.25, -0.2) is 0 Å². The molecule has 0 bridgehead atoms. The van der Waals surface area contributed by atoms with Crippen LogP contribution in [0.4, 0.5) is 0 Å². The van der Waals surface area contributed by atoms with E-state index >= 15 is 0 Å². The van der Waals surface area contributed by atoms with Gasteiger partial charge in [0, 0.05) is 18.4 Å². The number of benzene rings is 1. The van der Waals surface area contributed by atoms with Gasteiger partial charge < -0.3 is 36.6 Å². The lowest BCUT2D eigenvalue weighted by atomic mass is 9.89. The minimum atomic E-state index is -1.25. The van der Waals surface area contributed by atoms with Crippen molar-refractivity contribution in [1.82, 2.24) is 10.6 Å². The third-order valence-electron chi connectivity index (χ3n) is 5.33. The van der Waals surface area contributed by atoms with Crippen molar-refractivity contribution in [2.45, 2.75) is 50.1 Å². The summed E-state index contributed by atoms with van der Waals surface area (Å²) in [5.41, 5.74) is 6.38. The molecule has 2 rings (SSSR count). The largest absolute Gasteiger partial charge is 0.497 e. The highest BCUT2D eigenvalue weighted by molar-refractivity contribution is 5.97. The molecule has 8 N–H and O–H groups in total. The van der Waals surface area contributed by atoms with Crippen molar-refractivity contribution in [1.29, 1.82) is 0 Å². The highest BCUT2D eigenvalue weighted by Gasteiger charge is 2.35. The molecule has 1 aromatic carbocycles. The van der Waals surface area contributed by atoms with Crippen molar-refractivity contribution in [3.63, 3.8) is 0 Å². The van der Waals surface area contributed by atoms with Gasteiger partial charge in [-0.2, -0.15) is 0 Å².